The molecule has 1 atom stereocenters. The van der Waals surface area contributed by atoms with Crippen molar-refractivity contribution >= 4 is 28.9 Å². The SMILES string of the molecule is COCC(C)Nc1ncnc(NCc2ccc(Cl)cc2)c1N. The van der Waals surface area contributed by atoms with Gasteiger partial charge in [-0.3, -0.25) is 0 Å². The molecular formula is C15H20ClN5O. The lowest BCUT2D eigenvalue weighted by atomic mass is 10.2. The van der Waals surface area contributed by atoms with Gasteiger partial charge in [-0.05, 0) is 24.6 Å². The first kappa shape index (κ1) is 16.3. The van der Waals surface area contributed by atoms with E-state index in [1.54, 1.807) is 7.11 Å². The molecule has 7 heteroatoms. The third-order valence-electron chi connectivity index (χ3n) is 3.06. The number of nitrogens with one attached hydrogen (secondary N) is 2. The van der Waals surface area contributed by atoms with Crippen LogP contribution in [0.3, 0.4) is 0 Å². The summed E-state index contributed by atoms with van der Waals surface area (Å²) >= 11 is 5.87. The molecule has 0 aliphatic heterocycles. The second kappa shape index (κ2) is 7.82. The van der Waals surface area contributed by atoms with Crippen molar-refractivity contribution in [2.45, 2.75) is 19.5 Å². The van der Waals surface area contributed by atoms with Gasteiger partial charge in [-0.15, -0.1) is 0 Å². The highest BCUT2D eigenvalue weighted by atomic mass is 35.5. The number of nitrogens with two attached hydrogens (primary N) is 1. The second-order valence-corrected chi connectivity index (χ2v) is 5.40. The van der Waals surface area contributed by atoms with E-state index < -0.39 is 0 Å². The number of hydrogen-bond donors (Lipinski definition) is 3. The van der Waals surface area contributed by atoms with Crippen LogP contribution in [0.1, 0.15) is 12.5 Å². The molecule has 6 nitrogen and oxygen atoms in total. The Bertz CT molecular complexity index is 605. The molecule has 0 bridgehead atoms. The minimum absolute atomic E-state index is 0.103. The van der Waals surface area contributed by atoms with Crippen LogP contribution in [0.25, 0.3) is 0 Å². The number of aromatic nitrogens is 2. The predicted molar refractivity (Wildman–Crippen MR) is 90.2 cm³/mol. The average molecular weight is 322 g/mol. The van der Waals surface area contributed by atoms with E-state index in [-0.39, 0.29) is 6.04 Å². The molecule has 0 aliphatic carbocycles. The maximum absolute atomic E-state index is 6.10. The van der Waals surface area contributed by atoms with Crippen LogP contribution in [0, 0.1) is 0 Å². The van der Waals surface area contributed by atoms with Crippen LogP contribution in [0.15, 0.2) is 30.6 Å². The van der Waals surface area contributed by atoms with Gasteiger partial charge in [0.1, 0.15) is 12.0 Å². The number of rotatable bonds is 7. The molecule has 0 fully saturated rings. The maximum Gasteiger partial charge on any atom is 0.155 e. The fourth-order valence-corrected chi connectivity index (χ4v) is 2.09. The van der Waals surface area contributed by atoms with Crippen LogP contribution in [0.2, 0.25) is 5.02 Å². The van der Waals surface area contributed by atoms with Crippen molar-refractivity contribution in [2.75, 3.05) is 30.1 Å². The lowest BCUT2D eigenvalue weighted by Crippen LogP contribution is -2.22. The van der Waals surface area contributed by atoms with Crippen LogP contribution in [-0.2, 0) is 11.3 Å². The summed E-state index contributed by atoms with van der Waals surface area (Å²) in [7, 11) is 1.65. The highest BCUT2D eigenvalue weighted by Gasteiger charge is 2.10. The first-order valence-corrected chi connectivity index (χ1v) is 7.32. The molecule has 2 rings (SSSR count). The lowest BCUT2D eigenvalue weighted by molar-refractivity contribution is 0.190. The second-order valence-electron chi connectivity index (χ2n) is 4.97. The van der Waals surface area contributed by atoms with Crippen molar-refractivity contribution in [3.05, 3.63) is 41.2 Å². The van der Waals surface area contributed by atoms with Gasteiger partial charge in [0.25, 0.3) is 0 Å². The Morgan fingerprint density at radius 2 is 1.91 bits per heavy atom. The van der Waals surface area contributed by atoms with Gasteiger partial charge in [0, 0.05) is 24.7 Å². The maximum atomic E-state index is 6.10. The number of nitrogens with zero attached hydrogens (tertiary/aromatic N) is 2. The van der Waals surface area contributed by atoms with E-state index in [0.29, 0.717) is 35.5 Å². The Morgan fingerprint density at radius 3 is 2.59 bits per heavy atom. The number of anilines is 3. The molecule has 0 spiro atoms. The van der Waals surface area contributed by atoms with E-state index in [1.165, 1.54) is 6.33 Å². The van der Waals surface area contributed by atoms with Crippen LogP contribution in [0.4, 0.5) is 17.3 Å². The fourth-order valence-electron chi connectivity index (χ4n) is 1.96. The zero-order chi connectivity index (χ0) is 15.9. The summed E-state index contributed by atoms with van der Waals surface area (Å²) in [6.45, 7) is 3.16. The highest BCUT2D eigenvalue weighted by molar-refractivity contribution is 6.30. The summed E-state index contributed by atoms with van der Waals surface area (Å²) in [5, 5.41) is 7.11. The zero-order valence-corrected chi connectivity index (χ0v) is 13.4. The van der Waals surface area contributed by atoms with Gasteiger partial charge in [0.15, 0.2) is 11.6 Å². The topological polar surface area (TPSA) is 85.1 Å². The smallest absolute Gasteiger partial charge is 0.155 e. The van der Waals surface area contributed by atoms with Crippen molar-refractivity contribution in [1.29, 1.82) is 0 Å². The summed E-state index contributed by atoms with van der Waals surface area (Å²) in [5.74, 6) is 1.19. The molecule has 2 aromatic rings. The van der Waals surface area contributed by atoms with Gasteiger partial charge in [-0.2, -0.15) is 0 Å². The van der Waals surface area contributed by atoms with E-state index in [1.807, 2.05) is 31.2 Å². The zero-order valence-electron chi connectivity index (χ0n) is 12.6. The number of ether oxygens (including phenoxy) is 1. The molecule has 1 aromatic carbocycles. The van der Waals surface area contributed by atoms with Crippen LogP contribution < -0.4 is 16.4 Å². The Balaban J connectivity index is 2.03. The Morgan fingerprint density at radius 1 is 1.23 bits per heavy atom. The first-order valence-electron chi connectivity index (χ1n) is 6.94. The average Bonchev–Trinajstić information content (AvgIpc) is 2.50. The molecule has 1 heterocycles. The molecule has 1 unspecified atom stereocenters. The molecule has 118 valence electrons. The third-order valence-corrected chi connectivity index (χ3v) is 3.31. The van der Waals surface area contributed by atoms with Crippen molar-refractivity contribution in [2.24, 2.45) is 0 Å². The fraction of sp³-hybridized carbons (Fsp3) is 0.333. The van der Waals surface area contributed by atoms with Gasteiger partial charge in [-0.25, -0.2) is 9.97 Å². The Kier molecular flexibility index (Phi) is 5.80. The normalized spacial score (nSPS) is 12.0. The predicted octanol–water partition coefficient (Wildman–Crippen LogP) is 2.77. The lowest BCUT2D eigenvalue weighted by Gasteiger charge is -2.16. The van der Waals surface area contributed by atoms with E-state index in [0.717, 1.165) is 5.56 Å². The molecule has 0 radical (unpaired) electrons. The van der Waals surface area contributed by atoms with E-state index >= 15 is 0 Å². The van der Waals surface area contributed by atoms with Gasteiger partial charge in [0.2, 0.25) is 0 Å². The third kappa shape index (κ3) is 4.47. The van der Waals surface area contributed by atoms with Crippen LogP contribution >= 0.6 is 11.6 Å². The summed E-state index contributed by atoms with van der Waals surface area (Å²) in [6.07, 6.45) is 1.47. The van der Waals surface area contributed by atoms with Gasteiger partial charge >= 0.3 is 0 Å². The van der Waals surface area contributed by atoms with Gasteiger partial charge in [-0.1, -0.05) is 23.7 Å². The monoisotopic (exact) mass is 321 g/mol. The van der Waals surface area contributed by atoms with E-state index in [4.69, 9.17) is 22.1 Å². The minimum Gasteiger partial charge on any atom is -0.393 e. The van der Waals surface area contributed by atoms with Crippen molar-refractivity contribution in [1.82, 2.24) is 9.97 Å². The van der Waals surface area contributed by atoms with Crippen LogP contribution in [-0.4, -0.2) is 29.7 Å². The molecule has 0 saturated heterocycles. The molecular weight excluding hydrogens is 302 g/mol. The standard InChI is InChI=1S/C15H20ClN5O/c1-10(8-22-2)21-15-13(17)14(19-9-20-15)18-7-11-3-5-12(16)6-4-11/h3-6,9-10H,7-8,17H2,1-2H3,(H2,18,19,20,21). The van der Waals surface area contributed by atoms with Gasteiger partial charge in [0.05, 0.1) is 6.61 Å². The number of halogens is 1. The largest absolute Gasteiger partial charge is 0.393 e. The summed E-state index contributed by atoms with van der Waals surface area (Å²) in [4.78, 5) is 8.35. The number of nitrogen functional groups attached to an aromatic ring is 1. The molecule has 0 aliphatic rings. The Labute approximate surface area is 135 Å². The molecule has 0 saturated carbocycles. The number of benzene rings is 1. The quantitative estimate of drug-likeness (QED) is 0.727. The molecule has 4 N–H and O–H groups in total. The van der Waals surface area contributed by atoms with E-state index in [9.17, 15) is 0 Å². The van der Waals surface area contributed by atoms with Crippen molar-refractivity contribution < 1.29 is 4.74 Å². The number of methoxy groups -OCH3 is 1. The van der Waals surface area contributed by atoms with Crippen molar-refractivity contribution in [3.63, 3.8) is 0 Å². The minimum atomic E-state index is 0.103. The summed E-state index contributed by atoms with van der Waals surface area (Å²) < 4.78 is 5.09. The number of hydrogen-bond acceptors (Lipinski definition) is 6. The van der Waals surface area contributed by atoms with Crippen LogP contribution in [0.5, 0.6) is 0 Å². The summed E-state index contributed by atoms with van der Waals surface area (Å²) in [6, 6.07) is 7.70. The molecule has 1 aromatic heterocycles. The highest BCUT2D eigenvalue weighted by Crippen LogP contribution is 2.23. The Hall–Kier alpha value is -2.05. The first-order chi connectivity index (χ1) is 10.6. The molecule has 0 amide bonds. The van der Waals surface area contributed by atoms with Crippen molar-refractivity contribution in [3.8, 4) is 0 Å². The van der Waals surface area contributed by atoms with Gasteiger partial charge < -0.3 is 21.1 Å². The van der Waals surface area contributed by atoms with E-state index in [2.05, 4.69) is 20.6 Å². The molecule has 22 heavy (non-hydrogen) atoms. The summed E-state index contributed by atoms with van der Waals surface area (Å²) in [5.41, 5.74) is 7.68.